The summed E-state index contributed by atoms with van der Waals surface area (Å²) in [6.45, 7) is 0. The first kappa shape index (κ1) is 21.4. The van der Waals surface area contributed by atoms with Crippen LogP contribution in [-0.4, -0.2) is 19.5 Å². The number of hydrogen-bond acceptors (Lipinski definition) is 3. The molecule has 3 aromatic rings. The first-order chi connectivity index (χ1) is 14.3. The van der Waals surface area contributed by atoms with Crippen LogP contribution in [0, 0.1) is 11.6 Å². The number of sulfonamides is 1. The Hall–Kier alpha value is -3.26. The lowest BCUT2D eigenvalue weighted by Crippen LogP contribution is -2.16. The summed E-state index contributed by atoms with van der Waals surface area (Å²) in [4.78, 5) is 10.3. The maximum atomic E-state index is 13.9. The molecule has 30 heavy (non-hydrogen) atoms. The van der Waals surface area contributed by atoms with Gasteiger partial charge in [-0.15, -0.1) is 0 Å². The Morgan fingerprint density at radius 1 is 0.933 bits per heavy atom. The Morgan fingerprint density at radius 2 is 1.63 bits per heavy atom. The van der Waals surface area contributed by atoms with Crippen LogP contribution >= 0.6 is 0 Å². The third kappa shape index (κ3) is 5.21. The van der Waals surface area contributed by atoms with Gasteiger partial charge in [0.15, 0.2) is 0 Å². The second-order valence-electron chi connectivity index (χ2n) is 6.69. The fraction of sp³-hybridized carbons (Fsp3) is 0.136. The quantitative estimate of drug-likeness (QED) is 0.544. The largest absolute Gasteiger partial charge is 0.478 e. The van der Waals surface area contributed by atoms with E-state index in [2.05, 4.69) is 4.72 Å². The highest BCUT2D eigenvalue weighted by molar-refractivity contribution is 7.92. The monoisotopic (exact) mass is 431 g/mol. The first-order valence-corrected chi connectivity index (χ1v) is 10.6. The van der Waals surface area contributed by atoms with Crippen LogP contribution in [0.5, 0.6) is 0 Å². The van der Waals surface area contributed by atoms with E-state index in [1.54, 1.807) is 36.4 Å². The van der Waals surface area contributed by atoms with Gasteiger partial charge in [-0.2, -0.15) is 0 Å². The van der Waals surface area contributed by atoms with Crippen molar-refractivity contribution in [3.63, 3.8) is 0 Å². The van der Waals surface area contributed by atoms with Crippen molar-refractivity contribution >= 4 is 21.7 Å². The molecule has 0 saturated carbocycles. The van der Waals surface area contributed by atoms with Crippen LogP contribution in [0.4, 0.5) is 14.5 Å². The second kappa shape index (κ2) is 9.04. The molecule has 0 atom stereocenters. The molecule has 0 amide bonds. The van der Waals surface area contributed by atoms with Gasteiger partial charge in [-0.1, -0.05) is 30.3 Å². The molecule has 0 aliphatic heterocycles. The fourth-order valence-electron chi connectivity index (χ4n) is 3.03. The molecule has 0 radical (unpaired) electrons. The van der Waals surface area contributed by atoms with Crippen LogP contribution in [-0.2, 0) is 22.9 Å². The van der Waals surface area contributed by atoms with E-state index in [0.717, 1.165) is 23.3 Å². The molecule has 0 aliphatic carbocycles. The standard InChI is InChI=1S/C22H19F2NO4S/c23-18-12-13-21(19(24)14-18)30(28,29)25-20-7-2-1-5-16(20)6-3-4-15-8-10-17(11-9-15)22(26)27/h1-2,5,7-14,25H,3-4,6H2,(H,26,27). The van der Waals surface area contributed by atoms with Crippen LogP contribution in [0.2, 0.25) is 0 Å². The summed E-state index contributed by atoms with van der Waals surface area (Å²) in [5, 5.41) is 8.94. The molecule has 2 N–H and O–H groups in total. The number of benzene rings is 3. The summed E-state index contributed by atoms with van der Waals surface area (Å²) in [7, 11) is -4.22. The summed E-state index contributed by atoms with van der Waals surface area (Å²) in [5.41, 5.74) is 2.23. The van der Waals surface area contributed by atoms with Gasteiger partial charge in [0.25, 0.3) is 10.0 Å². The van der Waals surface area contributed by atoms with Crippen molar-refractivity contribution in [2.24, 2.45) is 0 Å². The highest BCUT2D eigenvalue weighted by Gasteiger charge is 2.20. The number of carboxylic acid groups (broad SMARTS) is 1. The molecule has 156 valence electrons. The smallest absolute Gasteiger partial charge is 0.335 e. The van der Waals surface area contributed by atoms with Gasteiger partial charge in [0.2, 0.25) is 0 Å². The Morgan fingerprint density at radius 3 is 2.30 bits per heavy atom. The first-order valence-electron chi connectivity index (χ1n) is 9.14. The molecular weight excluding hydrogens is 412 g/mol. The molecule has 0 bridgehead atoms. The van der Waals surface area contributed by atoms with E-state index in [-0.39, 0.29) is 5.56 Å². The number of aromatic carboxylic acids is 1. The number of rotatable bonds is 8. The minimum Gasteiger partial charge on any atom is -0.478 e. The Bertz CT molecular complexity index is 1160. The molecule has 0 saturated heterocycles. The average molecular weight is 431 g/mol. The number of nitrogens with one attached hydrogen (secondary N) is 1. The SMILES string of the molecule is O=C(O)c1ccc(CCCc2ccccc2NS(=O)(=O)c2ccc(F)cc2F)cc1. The summed E-state index contributed by atoms with van der Waals surface area (Å²) in [6, 6.07) is 15.6. The molecule has 0 spiro atoms. The molecule has 3 rings (SSSR count). The summed E-state index contributed by atoms with van der Waals surface area (Å²) >= 11 is 0. The Labute approximate surface area is 173 Å². The third-order valence-corrected chi connectivity index (χ3v) is 5.96. The molecule has 0 heterocycles. The van der Waals surface area contributed by atoms with E-state index in [1.165, 1.54) is 12.1 Å². The number of carboxylic acids is 1. The minimum atomic E-state index is -4.22. The zero-order valence-electron chi connectivity index (χ0n) is 15.8. The molecule has 8 heteroatoms. The fourth-order valence-corrected chi connectivity index (χ4v) is 4.19. The topological polar surface area (TPSA) is 83.5 Å². The summed E-state index contributed by atoms with van der Waals surface area (Å²) in [6.07, 6.45) is 1.91. The van der Waals surface area contributed by atoms with E-state index in [1.807, 2.05) is 0 Å². The molecule has 3 aromatic carbocycles. The van der Waals surface area contributed by atoms with Crippen molar-refractivity contribution in [1.82, 2.24) is 0 Å². The predicted molar refractivity (Wildman–Crippen MR) is 109 cm³/mol. The van der Waals surface area contributed by atoms with Crippen LogP contribution < -0.4 is 4.72 Å². The van der Waals surface area contributed by atoms with Gasteiger partial charge < -0.3 is 5.11 Å². The van der Waals surface area contributed by atoms with Crippen molar-refractivity contribution in [2.75, 3.05) is 4.72 Å². The van der Waals surface area contributed by atoms with Crippen molar-refractivity contribution in [2.45, 2.75) is 24.2 Å². The normalized spacial score (nSPS) is 11.3. The lowest BCUT2D eigenvalue weighted by molar-refractivity contribution is 0.0697. The maximum Gasteiger partial charge on any atom is 0.335 e. The van der Waals surface area contributed by atoms with Gasteiger partial charge in [-0.25, -0.2) is 22.0 Å². The maximum absolute atomic E-state index is 13.9. The molecule has 0 unspecified atom stereocenters. The van der Waals surface area contributed by atoms with Crippen LogP contribution in [0.1, 0.15) is 27.9 Å². The molecular formula is C22H19F2NO4S. The lowest BCUT2D eigenvalue weighted by Gasteiger charge is -2.13. The van der Waals surface area contributed by atoms with Gasteiger partial charge in [0, 0.05) is 6.07 Å². The second-order valence-corrected chi connectivity index (χ2v) is 8.34. The van der Waals surface area contributed by atoms with E-state index in [9.17, 15) is 22.0 Å². The Balaban J connectivity index is 1.70. The lowest BCUT2D eigenvalue weighted by atomic mass is 10.0. The number of aryl methyl sites for hydroxylation is 2. The number of halogens is 2. The highest BCUT2D eigenvalue weighted by Crippen LogP contribution is 2.23. The summed E-state index contributed by atoms with van der Waals surface area (Å²) < 4.78 is 54.5. The van der Waals surface area contributed by atoms with Gasteiger partial charge >= 0.3 is 5.97 Å². The molecule has 0 aromatic heterocycles. The van der Waals surface area contributed by atoms with Gasteiger partial charge in [-0.3, -0.25) is 4.72 Å². The third-order valence-electron chi connectivity index (χ3n) is 4.56. The van der Waals surface area contributed by atoms with E-state index in [4.69, 9.17) is 5.11 Å². The zero-order chi connectivity index (χ0) is 21.7. The highest BCUT2D eigenvalue weighted by atomic mass is 32.2. The van der Waals surface area contributed by atoms with Crippen molar-refractivity contribution < 1.29 is 27.1 Å². The summed E-state index contributed by atoms with van der Waals surface area (Å²) in [5.74, 6) is -3.01. The van der Waals surface area contributed by atoms with Gasteiger partial charge in [0.1, 0.15) is 16.5 Å². The van der Waals surface area contributed by atoms with E-state index in [0.29, 0.717) is 31.0 Å². The molecule has 0 aliphatic rings. The number of anilines is 1. The van der Waals surface area contributed by atoms with E-state index < -0.39 is 32.5 Å². The minimum absolute atomic E-state index is 0.214. The van der Waals surface area contributed by atoms with Crippen LogP contribution in [0.25, 0.3) is 0 Å². The Kier molecular flexibility index (Phi) is 6.47. The van der Waals surface area contributed by atoms with Crippen LogP contribution in [0.15, 0.2) is 71.6 Å². The van der Waals surface area contributed by atoms with Crippen LogP contribution in [0.3, 0.4) is 0 Å². The van der Waals surface area contributed by atoms with Crippen molar-refractivity contribution in [3.8, 4) is 0 Å². The van der Waals surface area contributed by atoms with Crippen molar-refractivity contribution in [1.29, 1.82) is 0 Å². The van der Waals surface area contributed by atoms with Gasteiger partial charge in [0.05, 0.1) is 11.3 Å². The molecule has 5 nitrogen and oxygen atoms in total. The average Bonchev–Trinajstić information content (AvgIpc) is 2.69. The van der Waals surface area contributed by atoms with Gasteiger partial charge in [-0.05, 0) is 60.7 Å². The number of para-hydroxylation sites is 1. The van der Waals surface area contributed by atoms with Crippen molar-refractivity contribution in [3.05, 3.63) is 95.1 Å². The van der Waals surface area contributed by atoms with E-state index >= 15 is 0 Å². The molecule has 0 fully saturated rings. The number of carbonyl (C=O) groups is 1. The predicted octanol–water partition coefficient (Wildman–Crippen LogP) is 4.64. The number of hydrogen-bond donors (Lipinski definition) is 2. The zero-order valence-corrected chi connectivity index (χ0v) is 16.6.